The van der Waals surface area contributed by atoms with Gasteiger partial charge in [0.1, 0.15) is 0 Å². The quantitative estimate of drug-likeness (QED) is 0.508. The molecule has 5 heteroatoms. The molecule has 0 amide bonds. The molecule has 0 fully saturated rings. The Morgan fingerprint density at radius 1 is 1.36 bits per heavy atom. The van der Waals surface area contributed by atoms with Crippen molar-refractivity contribution in [3.63, 3.8) is 0 Å². The van der Waals surface area contributed by atoms with E-state index in [-0.39, 0.29) is 13.0 Å². The molecule has 0 bridgehead atoms. The average Bonchev–Trinajstić information content (AvgIpc) is 2.09. The molecule has 0 saturated heterocycles. The Labute approximate surface area is 91.1 Å². The summed E-state index contributed by atoms with van der Waals surface area (Å²) in [7, 11) is 0. The number of hydrogen-bond donors (Lipinski definition) is 0. The normalized spacial score (nSPS) is 14.4. The third-order valence-corrected chi connectivity index (χ3v) is 2.81. The second-order valence-corrected chi connectivity index (χ2v) is 3.87. The van der Waals surface area contributed by atoms with Crippen molar-refractivity contribution in [2.45, 2.75) is 32.4 Å². The first-order valence-corrected chi connectivity index (χ1v) is 5.82. The van der Waals surface area contributed by atoms with Crippen LogP contribution in [-0.4, -0.2) is 24.7 Å². The van der Waals surface area contributed by atoms with Gasteiger partial charge < -0.3 is 4.74 Å². The predicted molar refractivity (Wildman–Crippen MR) is 53.7 cm³/mol. The van der Waals surface area contributed by atoms with Crippen molar-refractivity contribution in [2.24, 2.45) is 5.92 Å². The van der Waals surface area contributed by atoms with E-state index in [0.717, 1.165) is 11.8 Å². The summed E-state index contributed by atoms with van der Waals surface area (Å²) in [5.74, 6) is 0.404. The average molecular weight is 277 g/mol. The summed E-state index contributed by atoms with van der Waals surface area (Å²) in [6.45, 7) is 2.77. The van der Waals surface area contributed by atoms with E-state index in [9.17, 15) is 13.2 Å². The molecule has 0 rings (SSSR count). The molecule has 0 aromatic heterocycles. The van der Waals surface area contributed by atoms with Gasteiger partial charge in [-0.3, -0.25) is 0 Å². The fraction of sp³-hybridized carbons (Fsp3) is 1.00. The van der Waals surface area contributed by atoms with Gasteiger partial charge in [0.25, 0.3) is 0 Å². The van der Waals surface area contributed by atoms with Crippen LogP contribution in [0.3, 0.4) is 0 Å². The van der Waals surface area contributed by atoms with Gasteiger partial charge in [0.15, 0.2) is 0 Å². The summed E-state index contributed by atoms with van der Waals surface area (Å²) in [6.07, 6.45) is -3.77. The van der Waals surface area contributed by atoms with Gasteiger partial charge in [-0.25, -0.2) is 0 Å². The van der Waals surface area contributed by atoms with Gasteiger partial charge in [0.05, 0.1) is 6.61 Å². The maximum absolute atomic E-state index is 11.7. The van der Waals surface area contributed by atoms with Crippen molar-refractivity contribution in [1.82, 2.24) is 0 Å². The third-order valence-electron chi connectivity index (χ3n) is 1.90. The van der Waals surface area contributed by atoms with Gasteiger partial charge >= 0.3 is 6.18 Å². The minimum Gasteiger partial charge on any atom is -0.381 e. The molecule has 86 valence electrons. The molecule has 0 aromatic rings. The summed E-state index contributed by atoms with van der Waals surface area (Å²) < 4.78 is 40.3. The van der Waals surface area contributed by atoms with Crippen LogP contribution in [0.2, 0.25) is 0 Å². The molecule has 0 heterocycles. The van der Waals surface area contributed by atoms with Gasteiger partial charge in [-0.1, -0.05) is 29.3 Å². The highest BCUT2D eigenvalue weighted by molar-refractivity contribution is 9.09. The van der Waals surface area contributed by atoms with Crippen LogP contribution in [0.1, 0.15) is 26.2 Å². The van der Waals surface area contributed by atoms with E-state index in [1.54, 1.807) is 0 Å². The third kappa shape index (κ3) is 8.81. The Kier molecular flexibility index (Phi) is 7.64. The zero-order valence-corrected chi connectivity index (χ0v) is 9.83. The summed E-state index contributed by atoms with van der Waals surface area (Å²) in [6, 6.07) is 0. The zero-order chi connectivity index (χ0) is 11.0. The van der Waals surface area contributed by atoms with Crippen LogP contribution in [0.25, 0.3) is 0 Å². The van der Waals surface area contributed by atoms with Gasteiger partial charge in [-0.05, 0) is 12.3 Å². The largest absolute Gasteiger partial charge is 0.389 e. The van der Waals surface area contributed by atoms with Crippen molar-refractivity contribution in [1.29, 1.82) is 0 Å². The highest BCUT2D eigenvalue weighted by atomic mass is 79.9. The molecule has 0 saturated carbocycles. The van der Waals surface area contributed by atoms with Crippen LogP contribution >= 0.6 is 15.9 Å². The van der Waals surface area contributed by atoms with E-state index in [0.29, 0.717) is 12.5 Å². The molecule has 1 unspecified atom stereocenters. The zero-order valence-electron chi connectivity index (χ0n) is 8.24. The fourth-order valence-corrected chi connectivity index (χ4v) is 1.54. The standard InChI is InChI=1S/C9H16BrF3O/c1-2-8(6-10)7-14-5-3-4-9(11,12)13/h8H,2-7H2,1H3. The van der Waals surface area contributed by atoms with Crippen molar-refractivity contribution >= 4 is 15.9 Å². The molecule has 1 atom stereocenters. The summed E-state index contributed by atoms with van der Waals surface area (Å²) >= 11 is 3.32. The summed E-state index contributed by atoms with van der Waals surface area (Å²) in [5, 5.41) is 0.836. The Morgan fingerprint density at radius 2 is 2.00 bits per heavy atom. The van der Waals surface area contributed by atoms with Crippen molar-refractivity contribution < 1.29 is 17.9 Å². The molecule has 0 aliphatic rings. The van der Waals surface area contributed by atoms with Gasteiger partial charge in [-0.15, -0.1) is 0 Å². The minimum absolute atomic E-state index is 0.0578. The number of hydrogen-bond acceptors (Lipinski definition) is 1. The lowest BCUT2D eigenvalue weighted by molar-refractivity contribution is -0.138. The van der Waals surface area contributed by atoms with E-state index in [4.69, 9.17) is 4.74 Å². The van der Waals surface area contributed by atoms with Gasteiger partial charge in [-0.2, -0.15) is 13.2 Å². The molecule has 1 nitrogen and oxygen atoms in total. The SMILES string of the molecule is CCC(CBr)COCCCC(F)(F)F. The van der Waals surface area contributed by atoms with E-state index in [1.165, 1.54) is 0 Å². The monoisotopic (exact) mass is 276 g/mol. The minimum atomic E-state index is -4.05. The Hall–Kier alpha value is 0.230. The van der Waals surface area contributed by atoms with Crippen molar-refractivity contribution in [3.8, 4) is 0 Å². The Morgan fingerprint density at radius 3 is 2.43 bits per heavy atom. The van der Waals surface area contributed by atoms with Crippen LogP contribution in [0.5, 0.6) is 0 Å². The lowest BCUT2D eigenvalue weighted by Gasteiger charge is -2.12. The van der Waals surface area contributed by atoms with Gasteiger partial charge in [0.2, 0.25) is 0 Å². The fourth-order valence-electron chi connectivity index (χ4n) is 0.896. The number of alkyl halides is 4. The first-order valence-electron chi connectivity index (χ1n) is 4.70. The number of rotatable bonds is 7. The maximum atomic E-state index is 11.7. The lowest BCUT2D eigenvalue weighted by Crippen LogP contribution is -2.13. The smallest absolute Gasteiger partial charge is 0.381 e. The number of ether oxygens (including phenoxy) is 1. The lowest BCUT2D eigenvalue weighted by atomic mass is 10.1. The van der Waals surface area contributed by atoms with Crippen molar-refractivity contribution in [2.75, 3.05) is 18.5 Å². The van der Waals surface area contributed by atoms with E-state index >= 15 is 0 Å². The topological polar surface area (TPSA) is 9.23 Å². The molecule has 0 aliphatic heterocycles. The van der Waals surface area contributed by atoms with E-state index in [2.05, 4.69) is 15.9 Å². The second kappa shape index (κ2) is 7.51. The predicted octanol–water partition coefficient (Wildman–Crippen LogP) is 3.77. The Bertz CT molecular complexity index is 135. The molecule has 0 aromatic carbocycles. The summed E-state index contributed by atoms with van der Waals surface area (Å²) in [5.41, 5.74) is 0. The number of halogens is 4. The van der Waals surface area contributed by atoms with Crippen LogP contribution in [0.4, 0.5) is 13.2 Å². The van der Waals surface area contributed by atoms with Crippen LogP contribution in [-0.2, 0) is 4.74 Å². The first-order chi connectivity index (χ1) is 6.49. The van der Waals surface area contributed by atoms with E-state index in [1.807, 2.05) is 6.92 Å². The molecule has 0 radical (unpaired) electrons. The van der Waals surface area contributed by atoms with Crippen molar-refractivity contribution in [3.05, 3.63) is 0 Å². The second-order valence-electron chi connectivity index (χ2n) is 3.22. The van der Waals surface area contributed by atoms with Crippen LogP contribution in [0, 0.1) is 5.92 Å². The van der Waals surface area contributed by atoms with E-state index < -0.39 is 12.6 Å². The van der Waals surface area contributed by atoms with Gasteiger partial charge in [0, 0.05) is 18.4 Å². The molecule has 14 heavy (non-hydrogen) atoms. The molecular weight excluding hydrogens is 261 g/mol. The Balaban J connectivity index is 3.29. The molecule has 0 aliphatic carbocycles. The maximum Gasteiger partial charge on any atom is 0.389 e. The van der Waals surface area contributed by atoms with Crippen LogP contribution < -0.4 is 0 Å². The summed E-state index contributed by atoms with van der Waals surface area (Å²) in [4.78, 5) is 0. The molecular formula is C9H16BrF3O. The first kappa shape index (κ1) is 14.2. The molecule has 0 N–H and O–H groups in total. The highest BCUT2D eigenvalue weighted by Crippen LogP contribution is 2.21. The molecule has 0 spiro atoms. The van der Waals surface area contributed by atoms with Crippen LogP contribution in [0.15, 0.2) is 0 Å². The highest BCUT2D eigenvalue weighted by Gasteiger charge is 2.25.